The molecular weight excluding hydrogens is 362 g/mol. The first-order valence-electron chi connectivity index (χ1n) is 8.81. The highest BCUT2D eigenvalue weighted by Crippen LogP contribution is 2.19. The SMILES string of the molecule is Cc1cc(C)cc(NS(=O)(=O)c2ccc(C(=O)NCCCN(C)C)cc2)c1. The van der Waals surface area contributed by atoms with E-state index in [1.807, 2.05) is 34.0 Å². The minimum Gasteiger partial charge on any atom is -0.352 e. The van der Waals surface area contributed by atoms with Gasteiger partial charge >= 0.3 is 0 Å². The zero-order valence-corrected chi connectivity index (χ0v) is 17.1. The van der Waals surface area contributed by atoms with Gasteiger partial charge in [-0.25, -0.2) is 8.42 Å². The molecule has 0 bridgehead atoms. The average Bonchev–Trinajstić information content (AvgIpc) is 2.57. The lowest BCUT2D eigenvalue weighted by Gasteiger charge is -2.11. The van der Waals surface area contributed by atoms with Crippen molar-refractivity contribution >= 4 is 21.6 Å². The molecule has 0 saturated heterocycles. The Labute approximate surface area is 161 Å². The van der Waals surface area contributed by atoms with Crippen LogP contribution in [0.1, 0.15) is 27.9 Å². The predicted octanol–water partition coefficient (Wildman–Crippen LogP) is 2.79. The van der Waals surface area contributed by atoms with Crippen LogP contribution in [0.3, 0.4) is 0 Å². The van der Waals surface area contributed by atoms with Gasteiger partial charge in [-0.15, -0.1) is 0 Å². The summed E-state index contributed by atoms with van der Waals surface area (Å²) in [6.45, 7) is 5.29. The second-order valence-electron chi connectivity index (χ2n) is 6.92. The molecule has 0 fully saturated rings. The van der Waals surface area contributed by atoms with Crippen molar-refractivity contribution in [2.45, 2.75) is 25.2 Å². The standard InChI is InChI=1S/C20H27N3O3S/c1-15-12-16(2)14-18(13-15)22-27(25,26)19-8-6-17(7-9-19)20(24)21-10-5-11-23(3)4/h6-9,12-14,22H,5,10-11H2,1-4H3,(H,21,24). The van der Waals surface area contributed by atoms with Crippen molar-refractivity contribution in [3.05, 3.63) is 59.2 Å². The Morgan fingerprint density at radius 3 is 2.15 bits per heavy atom. The van der Waals surface area contributed by atoms with E-state index in [-0.39, 0.29) is 10.8 Å². The van der Waals surface area contributed by atoms with Gasteiger partial charge in [-0.05, 0) is 88.4 Å². The second-order valence-corrected chi connectivity index (χ2v) is 8.60. The van der Waals surface area contributed by atoms with E-state index in [0.717, 1.165) is 24.1 Å². The van der Waals surface area contributed by atoms with E-state index >= 15 is 0 Å². The summed E-state index contributed by atoms with van der Waals surface area (Å²) >= 11 is 0. The van der Waals surface area contributed by atoms with Crippen molar-refractivity contribution in [2.24, 2.45) is 0 Å². The van der Waals surface area contributed by atoms with E-state index in [1.165, 1.54) is 24.3 Å². The molecule has 146 valence electrons. The van der Waals surface area contributed by atoms with Crippen LogP contribution in [0.5, 0.6) is 0 Å². The molecule has 0 unspecified atom stereocenters. The normalized spacial score (nSPS) is 11.4. The van der Waals surface area contributed by atoms with Gasteiger partial charge in [0.1, 0.15) is 0 Å². The molecule has 2 aromatic rings. The van der Waals surface area contributed by atoms with Crippen LogP contribution in [-0.4, -0.2) is 46.4 Å². The molecule has 27 heavy (non-hydrogen) atoms. The molecule has 0 aromatic heterocycles. The monoisotopic (exact) mass is 389 g/mol. The quantitative estimate of drug-likeness (QED) is 0.681. The molecule has 0 atom stereocenters. The molecule has 0 heterocycles. The fourth-order valence-electron chi connectivity index (χ4n) is 2.73. The lowest BCUT2D eigenvalue weighted by Crippen LogP contribution is -2.27. The number of anilines is 1. The highest BCUT2D eigenvalue weighted by molar-refractivity contribution is 7.92. The molecule has 7 heteroatoms. The third-order valence-electron chi connectivity index (χ3n) is 3.97. The molecule has 6 nitrogen and oxygen atoms in total. The first kappa shape index (κ1) is 20.9. The maximum atomic E-state index is 12.6. The highest BCUT2D eigenvalue weighted by atomic mass is 32.2. The summed E-state index contributed by atoms with van der Waals surface area (Å²) in [6, 6.07) is 11.5. The third kappa shape index (κ3) is 6.37. The number of nitrogens with zero attached hydrogens (tertiary/aromatic N) is 1. The summed E-state index contributed by atoms with van der Waals surface area (Å²) in [5.41, 5.74) is 2.92. The van der Waals surface area contributed by atoms with Gasteiger partial charge in [0, 0.05) is 17.8 Å². The van der Waals surface area contributed by atoms with Crippen molar-refractivity contribution in [1.82, 2.24) is 10.2 Å². The van der Waals surface area contributed by atoms with Gasteiger partial charge in [0.05, 0.1) is 4.90 Å². The smallest absolute Gasteiger partial charge is 0.261 e. The largest absolute Gasteiger partial charge is 0.352 e. The third-order valence-corrected chi connectivity index (χ3v) is 5.37. The summed E-state index contributed by atoms with van der Waals surface area (Å²) in [5.74, 6) is -0.208. The number of carbonyl (C=O) groups excluding carboxylic acids is 1. The van der Waals surface area contributed by atoms with Crippen molar-refractivity contribution < 1.29 is 13.2 Å². The van der Waals surface area contributed by atoms with E-state index in [0.29, 0.717) is 17.8 Å². The van der Waals surface area contributed by atoms with E-state index in [9.17, 15) is 13.2 Å². The maximum absolute atomic E-state index is 12.6. The molecule has 0 spiro atoms. The molecule has 0 aliphatic heterocycles. The first-order valence-corrected chi connectivity index (χ1v) is 10.3. The zero-order chi connectivity index (χ0) is 20.0. The van der Waals surface area contributed by atoms with Crippen LogP contribution >= 0.6 is 0 Å². The molecule has 2 N–H and O–H groups in total. The van der Waals surface area contributed by atoms with Crippen molar-refractivity contribution in [3.63, 3.8) is 0 Å². The molecule has 0 aliphatic carbocycles. The van der Waals surface area contributed by atoms with Crippen molar-refractivity contribution in [1.29, 1.82) is 0 Å². The van der Waals surface area contributed by atoms with E-state index in [4.69, 9.17) is 0 Å². The number of hydrogen-bond donors (Lipinski definition) is 2. The van der Waals surface area contributed by atoms with Crippen molar-refractivity contribution in [2.75, 3.05) is 31.9 Å². The molecule has 0 radical (unpaired) electrons. The summed E-state index contributed by atoms with van der Waals surface area (Å²) in [5, 5.41) is 2.83. The average molecular weight is 390 g/mol. The minimum atomic E-state index is -3.71. The first-order chi connectivity index (χ1) is 12.7. The minimum absolute atomic E-state index is 0.116. The Morgan fingerprint density at radius 2 is 1.59 bits per heavy atom. The van der Waals surface area contributed by atoms with Crippen LogP contribution in [-0.2, 0) is 10.0 Å². The number of amides is 1. The van der Waals surface area contributed by atoms with E-state index in [2.05, 4.69) is 14.9 Å². The van der Waals surface area contributed by atoms with Crippen LogP contribution in [0.2, 0.25) is 0 Å². The Morgan fingerprint density at radius 1 is 1.00 bits per heavy atom. The molecule has 0 aliphatic rings. The van der Waals surface area contributed by atoms with Gasteiger partial charge in [-0.2, -0.15) is 0 Å². The van der Waals surface area contributed by atoms with Gasteiger partial charge in [-0.3, -0.25) is 9.52 Å². The second kappa shape index (κ2) is 9.01. The fraction of sp³-hybridized carbons (Fsp3) is 0.350. The maximum Gasteiger partial charge on any atom is 0.261 e. The summed E-state index contributed by atoms with van der Waals surface area (Å²) in [6.07, 6.45) is 0.852. The van der Waals surface area contributed by atoms with Gasteiger partial charge in [0.15, 0.2) is 0 Å². The molecular formula is C20H27N3O3S. The van der Waals surface area contributed by atoms with E-state index < -0.39 is 10.0 Å². The van der Waals surface area contributed by atoms with Gasteiger partial charge < -0.3 is 10.2 Å². The number of nitrogens with one attached hydrogen (secondary N) is 2. The molecule has 1 amide bonds. The topological polar surface area (TPSA) is 78.5 Å². The Balaban J connectivity index is 2.03. The number of hydrogen-bond acceptors (Lipinski definition) is 4. The lowest BCUT2D eigenvalue weighted by molar-refractivity contribution is 0.0952. The van der Waals surface area contributed by atoms with Crippen LogP contribution in [0.15, 0.2) is 47.4 Å². The highest BCUT2D eigenvalue weighted by Gasteiger charge is 2.15. The van der Waals surface area contributed by atoms with Crippen LogP contribution in [0.25, 0.3) is 0 Å². The summed E-state index contributed by atoms with van der Waals surface area (Å²) < 4.78 is 27.7. The summed E-state index contributed by atoms with van der Waals surface area (Å²) in [7, 11) is 0.252. The van der Waals surface area contributed by atoms with Crippen molar-refractivity contribution in [3.8, 4) is 0 Å². The van der Waals surface area contributed by atoms with Crippen LogP contribution in [0, 0.1) is 13.8 Å². The summed E-state index contributed by atoms with van der Waals surface area (Å²) in [4.78, 5) is 14.3. The molecule has 2 rings (SSSR count). The van der Waals surface area contributed by atoms with E-state index in [1.54, 1.807) is 12.1 Å². The van der Waals surface area contributed by atoms with Gasteiger partial charge in [-0.1, -0.05) is 6.07 Å². The number of sulfonamides is 1. The Hall–Kier alpha value is -2.38. The molecule has 2 aromatic carbocycles. The fourth-order valence-corrected chi connectivity index (χ4v) is 3.77. The van der Waals surface area contributed by atoms with Gasteiger partial charge in [0.2, 0.25) is 0 Å². The number of carbonyl (C=O) groups is 1. The predicted molar refractivity (Wildman–Crippen MR) is 109 cm³/mol. The number of aryl methyl sites for hydroxylation is 2. The van der Waals surface area contributed by atoms with Crippen LogP contribution < -0.4 is 10.0 Å². The zero-order valence-electron chi connectivity index (χ0n) is 16.2. The lowest BCUT2D eigenvalue weighted by atomic mass is 10.1. The Bertz CT molecular complexity index is 871. The van der Waals surface area contributed by atoms with Crippen LogP contribution in [0.4, 0.5) is 5.69 Å². The van der Waals surface area contributed by atoms with Gasteiger partial charge in [0.25, 0.3) is 15.9 Å². The number of benzene rings is 2. The number of rotatable bonds is 8. The Kier molecular flexibility index (Phi) is 6.98. The molecule has 0 saturated carbocycles.